The van der Waals surface area contributed by atoms with Crippen LogP contribution in [0, 0.1) is 5.92 Å². The number of rotatable bonds is 2. The Morgan fingerprint density at radius 2 is 2.00 bits per heavy atom. The van der Waals surface area contributed by atoms with E-state index in [1.165, 1.54) is 13.5 Å². The second kappa shape index (κ2) is 5.15. The third-order valence-electron chi connectivity index (χ3n) is 4.02. The van der Waals surface area contributed by atoms with Gasteiger partial charge in [-0.3, -0.25) is 4.79 Å². The third kappa shape index (κ3) is 2.09. The highest BCUT2D eigenvalue weighted by molar-refractivity contribution is 5.81. The summed E-state index contributed by atoms with van der Waals surface area (Å²) in [5.41, 5.74) is -0.394. The predicted molar refractivity (Wildman–Crippen MR) is 62.2 cm³/mol. The summed E-state index contributed by atoms with van der Waals surface area (Å²) < 4.78 is 5.02. The molecule has 0 aliphatic carbocycles. The fourth-order valence-electron chi connectivity index (χ4n) is 3.11. The Morgan fingerprint density at radius 3 is 2.56 bits per heavy atom. The van der Waals surface area contributed by atoms with Crippen molar-refractivity contribution >= 4 is 5.97 Å². The molecule has 2 heterocycles. The van der Waals surface area contributed by atoms with Gasteiger partial charge in [0.2, 0.25) is 0 Å². The molecule has 2 aliphatic rings. The van der Waals surface area contributed by atoms with Crippen LogP contribution in [0.5, 0.6) is 0 Å². The minimum atomic E-state index is -0.394. The lowest BCUT2D eigenvalue weighted by atomic mass is 9.73. The summed E-state index contributed by atoms with van der Waals surface area (Å²) in [4.78, 5) is 12.1. The van der Waals surface area contributed by atoms with Crippen LogP contribution in [0.25, 0.3) is 0 Å². The summed E-state index contributed by atoms with van der Waals surface area (Å²) >= 11 is 0. The maximum atomic E-state index is 12.1. The summed E-state index contributed by atoms with van der Waals surface area (Å²) in [6.45, 7) is 2.98. The Morgan fingerprint density at radius 1 is 1.25 bits per heavy atom. The predicted octanol–water partition coefficient (Wildman–Crippen LogP) is 0.671. The van der Waals surface area contributed by atoms with Crippen molar-refractivity contribution < 1.29 is 9.53 Å². The summed E-state index contributed by atoms with van der Waals surface area (Å²) in [6.07, 6.45) is 5.38. The summed E-state index contributed by atoms with van der Waals surface area (Å²) in [5.74, 6) is 0.376. The van der Waals surface area contributed by atoms with Crippen LogP contribution in [0.4, 0.5) is 0 Å². The molecule has 2 N–H and O–H groups in total. The molecule has 0 spiro atoms. The van der Waals surface area contributed by atoms with Gasteiger partial charge in [-0.1, -0.05) is 0 Å². The standard InChI is InChI=1S/C12H22N2O2/c1-16-11(15)12(6-2-3-7-14-12)10-4-8-13-9-5-10/h10,13-14H,2-9H2,1H3. The van der Waals surface area contributed by atoms with Crippen LogP contribution >= 0.6 is 0 Å². The second-order valence-corrected chi connectivity index (χ2v) is 4.87. The van der Waals surface area contributed by atoms with Crippen molar-refractivity contribution in [1.29, 1.82) is 0 Å². The zero-order valence-electron chi connectivity index (χ0n) is 10.1. The first-order valence-corrected chi connectivity index (χ1v) is 6.34. The van der Waals surface area contributed by atoms with Crippen LogP contribution in [-0.2, 0) is 9.53 Å². The van der Waals surface area contributed by atoms with Crippen molar-refractivity contribution in [1.82, 2.24) is 10.6 Å². The highest BCUT2D eigenvalue weighted by atomic mass is 16.5. The number of hydrogen-bond acceptors (Lipinski definition) is 4. The molecular weight excluding hydrogens is 204 g/mol. The average Bonchev–Trinajstić information content (AvgIpc) is 2.39. The molecule has 1 atom stereocenters. The Balaban J connectivity index is 2.14. The van der Waals surface area contributed by atoms with Crippen molar-refractivity contribution in [2.24, 2.45) is 5.92 Å². The monoisotopic (exact) mass is 226 g/mol. The molecule has 2 saturated heterocycles. The number of ether oxygens (including phenoxy) is 1. The van der Waals surface area contributed by atoms with E-state index in [1.807, 2.05) is 0 Å². The van der Waals surface area contributed by atoms with Crippen molar-refractivity contribution in [3.63, 3.8) is 0 Å². The van der Waals surface area contributed by atoms with Gasteiger partial charge in [0, 0.05) is 0 Å². The van der Waals surface area contributed by atoms with Gasteiger partial charge in [0.1, 0.15) is 5.54 Å². The Labute approximate surface area is 97.1 Å². The molecule has 2 rings (SSSR count). The molecule has 0 aromatic rings. The largest absolute Gasteiger partial charge is 0.468 e. The highest BCUT2D eigenvalue weighted by Gasteiger charge is 2.47. The molecule has 0 amide bonds. The maximum Gasteiger partial charge on any atom is 0.326 e. The molecule has 0 radical (unpaired) electrons. The molecule has 0 aromatic carbocycles. The van der Waals surface area contributed by atoms with Crippen LogP contribution in [-0.4, -0.2) is 38.3 Å². The third-order valence-corrected chi connectivity index (χ3v) is 4.02. The van der Waals surface area contributed by atoms with E-state index in [9.17, 15) is 4.79 Å². The summed E-state index contributed by atoms with van der Waals surface area (Å²) in [7, 11) is 1.50. The van der Waals surface area contributed by atoms with Gasteiger partial charge in [-0.2, -0.15) is 0 Å². The molecule has 1 unspecified atom stereocenters. The smallest absolute Gasteiger partial charge is 0.326 e. The van der Waals surface area contributed by atoms with E-state index in [0.717, 1.165) is 45.3 Å². The first-order valence-electron chi connectivity index (χ1n) is 6.34. The van der Waals surface area contributed by atoms with Gasteiger partial charge < -0.3 is 15.4 Å². The van der Waals surface area contributed by atoms with E-state index < -0.39 is 5.54 Å². The Kier molecular flexibility index (Phi) is 3.82. The lowest BCUT2D eigenvalue weighted by Gasteiger charge is -2.43. The van der Waals surface area contributed by atoms with E-state index in [2.05, 4.69) is 10.6 Å². The SMILES string of the molecule is COC(=O)C1(C2CCNCC2)CCCCN1. The summed E-state index contributed by atoms with van der Waals surface area (Å²) in [6, 6.07) is 0. The van der Waals surface area contributed by atoms with Gasteiger partial charge in [-0.25, -0.2) is 0 Å². The van der Waals surface area contributed by atoms with Gasteiger partial charge in [-0.15, -0.1) is 0 Å². The van der Waals surface area contributed by atoms with Crippen LogP contribution in [0.1, 0.15) is 32.1 Å². The zero-order chi connectivity index (χ0) is 11.4. The van der Waals surface area contributed by atoms with E-state index in [0.29, 0.717) is 5.92 Å². The van der Waals surface area contributed by atoms with Crippen molar-refractivity contribution in [2.45, 2.75) is 37.6 Å². The van der Waals surface area contributed by atoms with Gasteiger partial charge >= 0.3 is 5.97 Å². The zero-order valence-corrected chi connectivity index (χ0v) is 10.1. The van der Waals surface area contributed by atoms with Gasteiger partial charge in [0.05, 0.1) is 7.11 Å². The van der Waals surface area contributed by atoms with E-state index >= 15 is 0 Å². The quantitative estimate of drug-likeness (QED) is 0.680. The number of nitrogens with one attached hydrogen (secondary N) is 2. The summed E-state index contributed by atoms with van der Waals surface area (Å²) in [5, 5.41) is 6.80. The minimum Gasteiger partial charge on any atom is -0.468 e. The first kappa shape index (κ1) is 11.9. The van der Waals surface area contributed by atoms with Crippen LogP contribution in [0.15, 0.2) is 0 Å². The second-order valence-electron chi connectivity index (χ2n) is 4.87. The number of carbonyl (C=O) groups is 1. The molecule has 92 valence electrons. The molecule has 0 bridgehead atoms. The molecule has 2 aliphatic heterocycles. The number of piperidine rings is 2. The van der Waals surface area contributed by atoms with E-state index in [1.54, 1.807) is 0 Å². The fourth-order valence-corrected chi connectivity index (χ4v) is 3.11. The number of esters is 1. The molecule has 0 saturated carbocycles. The first-order chi connectivity index (χ1) is 7.79. The molecule has 2 fully saturated rings. The van der Waals surface area contributed by atoms with Crippen LogP contribution in [0.3, 0.4) is 0 Å². The number of hydrogen-bond donors (Lipinski definition) is 2. The Hall–Kier alpha value is -0.610. The Bertz CT molecular complexity index is 243. The molecule has 4 heteroatoms. The van der Waals surface area contributed by atoms with Crippen molar-refractivity contribution in [2.75, 3.05) is 26.7 Å². The molecule has 16 heavy (non-hydrogen) atoms. The molecule has 0 aromatic heterocycles. The topological polar surface area (TPSA) is 50.4 Å². The minimum absolute atomic E-state index is 0.0564. The lowest BCUT2D eigenvalue weighted by molar-refractivity contribution is -0.153. The van der Waals surface area contributed by atoms with Gasteiger partial charge in [0.15, 0.2) is 0 Å². The number of methoxy groups -OCH3 is 1. The van der Waals surface area contributed by atoms with Crippen molar-refractivity contribution in [3.05, 3.63) is 0 Å². The van der Waals surface area contributed by atoms with Crippen LogP contribution in [0.2, 0.25) is 0 Å². The fraction of sp³-hybridized carbons (Fsp3) is 0.917. The maximum absolute atomic E-state index is 12.1. The van der Waals surface area contributed by atoms with E-state index in [4.69, 9.17) is 4.74 Å². The van der Waals surface area contributed by atoms with E-state index in [-0.39, 0.29) is 5.97 Å². The van der Waals surface area contributed by atoms with Crippen molar-refractivity contribution in [3.8, 4) is 0 Å². The molecular formula is C12H22N2O2. The van der Waals surface area contributed by atoms with Crippen LogP contribution < -0.4 is 10.6 Å². The van der Waals surface area contributed by atoms with Gasteiger partial charge in [0.25, 0.3) is 0 Å². The molecule has 4 nitrogen and oxygen atoms in total. The number of carbonyl (C=O) groups excluding carboxylic acids is 1. The highest BCUT2D eigenvalue weighted by Crippen LogP contribution is 2.34. The van der Waals surface area contributed by atoms with Gasteiger partial charge in [-0.05, 0) is 57.7 Å². The lowest BCUT2D eigenvalue weighted by Crippen LogP contribution is -2.61. The normalized spacial score (nSPS) is 32.3. The average molecular weight is 226 g/mol.